The number of pyridine rings is 1. The molecule has 2 aromatic carbocycles. The summed E-state index contributed by atoms with van der Waals surface area (Å²) >= 11 is 3.48. The average Bonchev–Trinajstić information content (AvgIpc) is 3.11. The number of imidazole rings is 1. The maximum atomic E-state index is 12.5. The van der Waals surface area contributed by atoms with E-state index in [1.54, 1.807) is 0 Å². The topological polar surface area (TPSA) is 46.4 Å². The molecular formula is C24H22BrN3O. The van der Waals surface area contributed by atoms with Gasteiger partial charge in [0.05, 0.1) is 11.4 Å². The maximum Gasteiger partial charge on any atom is 0.220 e. The lowest BCUT2D eigenvalue weighted by Gasteiger charge is -2.09. The first-order valence-electron chi connectivity index (χ1n) is 9.65. The zero-order valence-electron chi connectivity index (χ0n) is 16.2. The standard InChI is InChI=1S/C24H22BrN3O/c1-17-6-2-3-7-19(17)16-26-23(29)14-13-21-24(18-9-11-20(25)12-10-18)27-22-8-4-5-15-28(21)22/h2-12,15H,13-14,16H2,1H3,(H,26,29). The molecule has 2 heterocycles. The number of halogens is 1. The van der Waals surface area contributed by atoms with Crippen molar-refractivity contribution in [3.05, 3.63) is 94.2 Å². The molecule has 0 unspecified atom stereocenters. The van der Waals surface area contributed by atoms with Crippen LogP contribution in [-0.2, 0) is 17.8 Å². The molecule has 0 atom stereocenters. The first-order chi connectivity index (χ1) is 14.1. The zero-order valence-corrected chi connectivity index (χ0v) is 17.8. The van der Waals surface area contributed by atoms with Crippen LogP contribution in [0.1, 0.15) is 23.2 Å². The number of aryl methyl sites for hydroxylation is 2. The van der Waals surface area contributed by atoms with Gasteiger partial charge in [0.15, 0.2) is 0 Å². The molecule has 4 rings (SSSR count). The third kappa shape index (κ3) is 4.40. The van der Waals surface area contributed by atoms with Crippen molar-refractivity contribution < 1.29 is 4.79 Å². The van der Waals surface area contributed by atoms with Crippen molar-refractivity contribution in [3.63, 3.8) is 0 Å². The highest BCUT2D eigenvalue weighted by molar-refractivity contribution is 9.10. The van der Waals surface area contributed by atoms with Crippen molar-refractivity contribution in [1.82, 2.24) is 14.7 Å². The average molecular weight is 448 g/mol. The quantitative estimate of drug-likeness (QED) is 0.434. The van der Waals surface area contributed by atoms with Crippen molar-refractivity contribution in [2.24, 2.45) is 0 Å². The molecule has 0 aliphatic carbocycles. The number of carbonyl (C=O) groups excluding carboxylic acids is 1. The number of nitrogens with one attached hydrogen (secondary N) is 1. The molecule has 2 aromatic heterocycles. The van der Waals surface area contributed by atoms with Crippen molar-refractivity contribution >= 4 is 27.5 Å². The molecule has 4 nitrogen and oxygen atoms in total. The van der Waals surface area contributed by atoms with Gasteiger partial charge in [-0.05, 0) is 48.7 Å². The van der Waals surface area contributed by atoms with Crippen molar-refractivity contribution in [2.45, 2.75) is 26.3 Å². The molecular weight excluding hydrogens is 426 g/mol. The van der Waals surface area contributed by atoms with E-state index in [0.717, 1.165) is 32.6 Å². The molecule has 0 fully saturated rings. The smallest absolute Gasteiger partial charge is 0.220 e. The summed E-state index contributed by atoms with van der Waals surface area (Å²) in [6, 6.07) is 22.2. The van der Waals surface area contributed by atoms with Crippen LogP contribution in [0.4, 0.5) is 0 Å². The molecule has 0 saturated heterocycles. The van der Waals surface area contributed by atoms with Crippen LogP contribution >= 0.6 is 15.9 Å². The molecule has 146 valence electrons. The van der Waals surface area contributed by atoms with E-state index in [9.17, 15) is 4.79 Å². The van der Waals surface area contributed by atoms with Gasteiger partial charge >= 0.3 is 0 Å². The summed E-state index contributed by atoms with van der Waals surface area (Å²) in [4.78, 5) is 17.3. The summed E-state index contributed by atoms with van der Waals surface area (Å²) in [5, 5.41) is 3.04. The van der Waals surface area contributed by atoms with Crippen LogP contribution in [0.3, 0.4) is 0 Å². The van der Waals surface area contributed by atoms with Gasteiger partial charge in [0.2, 0.25) is 5.91 Å². The second kappa shape index (κ2) is 8.62. The Bertz CT molecular complexity index is 1150. The van der Waals surface area contributed by atoms with Gasteiger partial charge in [0, 0.05) is 29.2 Å². The van der Waals surface area contributed by atoms with E-state index in [2.05, 4.69) is 38.6 Å². The van der Waals surface area contributed by atoms with Crippen molar-refractivity contribution in [1.29, 1.82) is 0 Å². The third-order valence-electron chi connectivity index (χ3n) is 5.07. The van der Waals surface area contributed by atoms with E-state index in [1.807, 2.05) is 66.9 Å². The highest BCUT2D eigenvalue weighted by Gasteiger charge is 2.15. The second-order valence-electron chi connectivity index (χ2n) is 7.05. The lowest BCUT2D eigenvalue weighted by molar-refractivity contribution is -0.121. The number of fused-ring (bicyclic) bond motifs is 1. The number of hydrogen-bond donors (Lipinski definition) is 1. The monoisotopic (exact) mass is 447 g/mol. The van der Waals surface area contributed by atoms with Crippen molar-refractivity contribution in [3.8, 4) is 11.3 Å². The van der Waals surface area contributed by atoms with Crippen LogP contribution in [-0.4, -0.2) is 15.3 Å². The van der Waals surface area contributed by atoms with Crippen molar-refractivity contribution in [2.75, 3.05) is 0 Å². The molecule has 0 saturated carbocycles. The number of benzene rings is 2. The van der Waals surface area contributed by atoms with Crippen LogP contribution in [0, 0.1) is 6.92 Å². The zero-order chi connectivity index (χ0) is 20.2. The minimum atomic E-state index is 0.0425. The fraction of sp³-hybridized carbons (Fsp3) is 0.167. The predicted octanol–water partition coefficient (Wildman–Crippen LogP) is 5.32. The van der Waals surface area contributed by atoms with Gasteiger partial charge in [0.1, 0.15) is 5.65 Å². The lowest BCUT2D eigenvalue weighted by Crippen LogP contribution is -2.23. The SMILES string of the molecule is Cc1ccccc1CNC(=O)CCc1c(-c2ccc(Br)cc2)nc2ccccn12. The molecule has 1 N–H and O–H groups in total. The summed E-state index contributed by atoms with van der Waals surface area (Å²) in [5.41, 5.74) is 6.25. The van der Waals surface area contributed by atoms with E-state index in [0.29, 0.717) is 19.4 Å². The van der Waals surface area contributed by atoms with Gasteiger partial charge in [-0.25, -0.2) is 4.98 Å². The van der Waals surface area contributed by atoms with E-state index in [1.165, 1.54) is 5.56 Å². The molecule has 0 aliphatic rings. The fourth-order valence-electron chi connectivity index (χ4n) is 3.45. The molecule has 0 aliphatic heterocycles. The number of carbonyl (C=O) groups is 1. The summed E-state index contributed by atoms with van der Waals surface area (Å²) in [5.74, 6) is 0.0425. The van der Waals surface area contributed by atoms with E-state index >= 15 is 0 Å². The largest absolute Gasteiger partial charge is 0.352 e. The summed E-state index contributed by atoms with van der Waals surface area (Å²) in [7, 11) is 0. The van der Waals surface area contributed by atoms with Crippen LogP contribution in [0.5, 0.6) is 0 Å². The van der Waals surface area contributed by atoms with Gasteiger partial charge in [-0.3, -0.25) is 4.79 Å². The summed E-state index contributed by atoms with van der Waals surface area (Å²) in [6.07, 6.45) is 3.04. The number of nitrogens with zero attached hydrogens (tertiary/aromatic N) is 2. The number of aromatic nitrogens is 2. The molecule has 1 amide bonds. The highest BCUT2D eigenvalue weighted by atomic mass is 79.9. The molecule has 4 aromatic rings. The number of amides is 1. The Labute approximate surface area is 178 Å². The van der Waals surface area contributed by atoms with Gasteiger partial charge in [-0.2, -0.15) is 0 Å². The lowest BCUT2D eigenvalue weighted by atomic mass is 10.1. The van der Waals surface area contributed by atoms with Gasteiger partial charge in [-0.15, -0.1) is 0 Å². The molecule has 0 spiro atoms. The Hall–Kier alpha value is -2.92. The van der Waals surface area contributed by atoms with Gasteiger partial charge in [0.25, 0.3) is 0 Å². The molecule has 29 heavy (non-hydrogen) atoms. The van der Waals surface area contributed by atoms with Crippen LogP contribution in [0.15, 0.2) is 77.4 Å². The minimum Gasteiger partial charge on any atom is -0.352 e. The summed E-state index contributed by atoms with van der Waals surface area (Å²) in [6.45, 7) is 2.61. The van der Waals surface area contributed by atoms with E-state index in [-0.39, 0.29) is 5.91 Å². The normalized spacial score (nSPS) is 11.0. The van der Waals surface area contributed by atoms with Crippen LogP contribution in [0.2, 0.25) is 0 Å². The van der Waals surface area contributed by atoms with Gasteiger partial charge < -0.3 is 9.72 Å². The fourth-order valence-corrected chi connectivity index (χ4v) is 3.71. The van der Waals surface area contributed by atoms with Crippen LogP contribution in [0.25, 0.3) is 16.9 Å². The Morgan fingerprint density at radius 3 is 2.59 bits per heavy atom. The summed E-state index contributed by atoms with van der Waals surface area (Å²) < 4.78 is 3.11. The molecule has 0 bridgehead atoms. The molecule has 5 heteroatoms. The highest BCUT2D eigenvalue weighted by Crippen LogP contribution is 2.27. The Morgan fingerprint density at radius 1 is 1.03 bits per heavy atom. The molecule has 0 radical (unpaired) electrons. The number of rotatable bonds is 6. The van der Waals surface area contributed by atoms with E-state index < -0.39 is 0 Å². The second-order valence-corrected chi connectivity index (χ2v) is 7.96. The Balaban J connectivity index is 1.52. The van der Waals surface area contributed by atoms with Crippen LogP contribution < -0.4 is 5.32 Å². The predicted molar refractivity (Wildman–Crippen MR) is 120 cm³/mol. The van der Waals surface area contributed by atoms with Gasteiger partial charge in [-0.1, -0.05) is 58.4 Å². The Morgan fingerprint density at radius 2 is 1.79 bits per heavy atom. The van der Waals surface area contributed by atoms with E-state index in [4.69, 9.17) is 4.98 Å². The Kier molecular flexibility index (Phi) is 5.76. The third-order valence-corrected chi connectivity index (χ3v) is 5.60. The maximum absolute atomic E-state index is 12.5. The first-order valence-corrected chi connectivity index (χ1v) is 10.4. The minimum absolute atomic E-state index is 0.0425. The first kappa shape index (κ1) is 19.4. The number of hydrogen-bond acceptors (Lipinski definition) is 2.